The van der Waals surface area contributed by atoms with Crippen molar-refractivity contribution in [2.45, 2.75) is 45.9 Å². The van der Waals surface area contributed by atoms with Gasteiger partial charge < -0.3 is 15.2 Å². The van der Waals surface area contributed by atoms with Crippen LogP contribution in [0.25, 0.3) is 0 Å². The van der Waals surface area contributed by atoms with Gasteiger partial charge in [0, 0.05) is 17.5 Å². The first-order valence-corrected chi connectivity index (χ1v) is 6.97. The smallest absolute Gasteiger partial charge is 0.107 e. The topological polar surface area (TPSA) is 44.5 Å². The molecule has 17 heavy (non-hydrogen) atoms. The average Bonchev–Trinajstić information content (AvgIpc) is 2.69. The van der Waals surface area contributed by atoms with Gasteiger partial charge in [0.05, 0.1) is 12.7 Å². The van der Waals surface area contributed by atoms with Crippen LogP contribution in [-0.2, 0) is 9.47 Å². The molecule has 4 heteroatoms. The van der Waals surface area contributed by atoms with Crippen molar-refractivity contribution in [3.63, 3.8) is 0 Å². The van der Waals surface area contributed by atoms with E-state index in [9.17, 15) is 0 Å². The Morgan fingerprint density at radius 3 is 2.59 bits per heavy atom. The molecule has 3 atom stereocenters. The lowest BCUT2D eigenvalue weighted by Gasteiger charge is -2.25. The summed E-state index contributed by atoms with van der Waals surface area (Å²) >= 11 is 1.71. The van der Waals surface area contributed by atoms with E-state index in [2.05, 4.69) is 18.4 Å². The molecule has 1 rings (SSSR count). The van der Waals surface area contributed by atoms with E-state index >= 15 is 0 Å². The summed E-state index contributed by atoms with van der Waals surface area (Å²) in [6, 6.07) is 2.09. The Balaban J connectivity index is 2.64. The highest BCUT2D eigenvalue weighted by Gasteiger charge is 2.22. The minimum atomic E-state index is -0.0366. The zero-order chi connectivity index (χ0) is 12.8. The standard InChI is InChI=1S/C13H23NO2S/c1-5-15-8-10(3)16-12(11(4)14)13-9(2)6-7-17-13/h6-7,10-12H,5,8,14H2,1-4H3. The second-order valence-corrected chi connectivity index (χ2v) is 5.30. The summed E-state index contributed by atoms with van der Waals surface area (Å²) in [5, 5.41) is 2.08. The van der Waals surface area contributed by atoms with Crippen molar-refractivity contribution in [2.75, 3.05) is 13.2 Å². The first kappa shape index (κ1) is 14.6. The van der Waals surface area contributed by atoms with Crippen LogP contribution in [0, 0.1) is 6.92 Å². The largest absolute Gasteiger partial charge is 0.379 e. The Bertz CT molecular complexity index is 325. The molecule has 1 heterocycles. The number of aryl methyl sites for hydroxylation is 1. The predicted octanol–water partition coefficient (Wildman–Crippen LogP) is 2.89. The van der Waals surface area contributed by atoms with E-state index in [1.165, 1.54) is 10.4 Å². The van der Waals surface area contributed by atoms with Crippen molar-refractivity contribution in [1.29, 1.82) is 0 Å². The molecule has 0 fully saturated rings. The normalized spacial score (nSPS) is 16.8. The Labute approximate surface area is 108 Å². The van der Waals surface area contributed by atoms with Gasteiger partial charge in [0.2, 0.25) is 0 Å². The third-order valence-corrected chi connectivity index (χ3v) is 3.65. The molecule has 0 amide bonds. The molecule has 0 aliphatic heterocycles. The fourth-order valence-corrected chi connectivity index (χ4v) is 2.75. The van der Waals surface area contributed by atoms with Crippen LogP contribution in [0.15, 0.2) is 11.4 Å². The maximum absolute atomic E-state index is 6.01. The number of ether oxygens (including phenoxy) is 2. The Hall–Kier alpha value is -0.420. The summed E-state index contributed by atoms with van der Waals surface area (Å²) in [7, 11) is 0. The zero-order valence-electron chi connectivity index (χ0n) is 11.1. The van der Waals surface area contributed by atoms with Gasteiger partial charge in [-0.1, -0.05) is 0 Å². The average molecular weight is 257 g/mol. The number of rotatable bonds is 7. The first-order valence-electron chi connectivity index (χ1n) is 6.09. The number of hydrogen-bond acceptors (Lipinski definition) is 4. The minimum absolute atomic E-state index is 0.0172. The highest BCUT2D eigenvalue weighted by Crippen LogP contribution is 2.29. The lowest BCUT2D eigenvalue weighted by atomic mass is 10.1. The highest BCUT2D eigenvalue weighted by molar-refractivity contribution is 7.10. The van der Waals surface area contributed by atoms with E-state index in [0.717, 1.165) is 0 Å². The minimum Gasteiger partial charge on any atom is -0.379 e. The van der Waals surface area contributed by atoms with E-state index in [1.807, 2.05) is 20.8 Å². The molecule has 1 aromatic rings. The molecule has 2 N–H and O–H groups in total. The van der Waals surface area contributed by atoms with Crippen molar-refractivity contribution in [1.82, 2.24) is 0 Å². The van der Waals surface area contributed by atoms with Gasteiger partial charge in [-0.3, -0.25) is 0 Å². The van der Waals surface area contributed by atoms with Gasteiger partial charge >= 0.3 is 0 Å². The molecule has 0 aliphatic rings. The van der Waals surface area contributed by atoms with Crippen LogP contribution in [0.1, 0.15) is 37.3 Å². The lowest BCUT2D eigenvalue weighted by molar-refractivity contribution is -0.0538. The van der Waals surface area contributed by atoms with Crippen LogP contribution in [0.4, 0.5) is 0 Å². The molecule has 0 aliphatic carbocycles. The molecule has 0 saturated heterocycles. The summed E-state index contributed by atoms with van der Waals surface area (Å²) in [5.74, 6) is 0. The molecule has 0 aromatic carbocycles. The van der Waals surface area contributed by atoms with E-state index in [4.69, 9.17) is 15.2 Å². The van der Waals surface area contributed by atoms with Crippen molar-refractivity contribution in [2.24, 2.45) is 5.73 Å². The maximum Gasteiger partial charge on any atom is 0.107 e. The maximum atomic E-state index is 6.01. The van der Waals surface area contributed by atoms with Crippen LogP contribution in [0.2, 0.25) is 0 Å². The predicted molar refractivity (Wildman–Crippen MR) is 72.5 cm³/mol. The number of hydrogen-bond donors (Lipinski definition) is 1. The SMILES string of the molecule is CCOCC(C)OC(c1sccc1C)C(C)N. The van der Waals surface area contributed by atoms with Gasteiger partial charge in [-0.05, 0) is 44.7 Å². The molecule has 3 unspecified atom stereocenters. The molecule has 0 spiro atoms. The van der Waals surface area contributed by atoms with Crippen molar-refractivity contribution in [3.05, 3.63) is 21.9 Å². The van der Waals surface area contributed by atoms with E-state index in [1.54, 1.807) is 11.3 Å². The van der Waals surface area contributed by atoms with E-state index in [-0.39, 0.29) is 18.2 Å². The molecular formula is C13H23NO2S. The Morgan fingerprint density at radius 1 is 1.41 bits per heavy atom. The van der Waals surface area contributed by atoms with Gasteiger partial charge in [-0.15, -0.1) is 11.3 Å². The quantitative estimate of drug-likeness (QED) is 0.817. The van der Waals surface area contributed by atoms with E-state index < -0.39 is 0 Å². The molecule has 0 radical (unpaired) electrons. The molecule has 98 valence electrons. The van der Waals surface area contributed by atoms with Crippen molar-refractivity contribution >= 4 is 11.3 Å². The molecule has 3 nitrogen and oxygen atoms in total. The van der Waals surface area contributed by atoms with Gasteiger partial charge in [0.25, 0.3) is 0 Å². The van der Waals surface area contributed by atoms with Gasteiger partial charge in [0.15, 0.2) is 0 Å². The number of nitrogens with two attached hydrogens (primary N) is 1. The molecular weight excluding hydrogens is 234 g/mol. The van der Waals surface area contributed by atoms with Crippen LogP contribution in [-0.4, -0.2) is 25.4 Å². The lowest BCUT2D eigenvalue weighted by Crippen LogP contribution is -2.31. The second-order valence-electron chi connectivity index (χ2n) is 4.35. The molecule has 0 bridgehead atoms. The monoisotopic (exact) mass is 257 g/mol. The van der Waals surface area contributed by atoms with Gasteiger partial charge in [-0.2, -0.15) is 0 Å². The number of thiophene rings is 1. The second kappa shape index (κ2) is 7.11. The van der Waals surface area contributed by atoms with Crippen LogP contribution < -0.4 is 5.73 Å². The van der Waals surface area contributed by atoms with Crippen LogP contribution in [0.5, 0.6) is 0 Å². The Morgan fingerprint density at radius 2 is 2.12 bits per heavy atom. The van der Waals surface area contributed by atoms with Crippen LogP contribution >= 0.6 is 11.3 Å². The molecule has 0 saturated carbocycles. The van der Waals surface area contributed by atoms with Gasteiger partial charge in [-0.25, -0.2) is 0 Å². The van der Waals surface area contributed by atoms with Crippen LogP contribution in [0.3, 0.4) is 0 Å². The van der Waals surface area contributed by atoms with E-state index in [0.29, 0.717) is 13.2 Å². The Kier molecular flexibility index (Phi) is 6.12. The fourth-order valence-electron chi connectivity index (χ4n) is 1.67. The summed E-state index contributed by atoms with van der Waals surface area (Å²) in [4.78, 5) is 1.23. The molecule has 1 aromatic heterocycles. The van der Waals surface area contributed by atoms with Crippen molar-refractivity contribution < 1.29 is 9.47 Å². The fraction of sp³-hybridized carbons (Fsp3) is 0.692. The van der Waals surface area contributed by atoms with Crippen molar-refractivity contribution in [3.8, 4) is 0 Å². The summed E-state index contributed by atoms with van der Waals surface area (Å²) in [5.41, 5.74) is 7.27. The highest BCUT2D eigenvalue weighted by atomic mass is 32.1. The first-order chi connectivity index (χ1) is 8.06. The summed E-state index contributed by atoms with van der Waals surface area (Å²) in [6.07, 6.45) is 0.0258. The third-order valence-electron chi connectivity index (χ3n) is 2.57. The zero-order valence-corrected chi connectivity index (χ0v) is 11.9. The summed E-state index contributed by atoms with van der Waals surface area (Å²) in [6.45, 7) is 9.42. The third kappa shape index (κ3) is 4.39. The summed E-state index contributed by atoms with van der Waals surface area (Å²) < 4.78 is 11.4. The van der Waals surface area contributed by atoms with Gasteiger partial charge in [0.1, 0.15) is 6.10 Å².